The number of amides is 1. The van der Waals surface area contributed by atoms with Crippen LogP contribution in [0.15, 0.2) is 24.4 Å². The van der Waals surface area contributed by atoms with Crippen molar-refractivity contribution in [3.05, 3.63) is 30.0 Å². The highest BCUT2D eigenvalue weighted by molar-refractivity contribution is 5.84. The molecule has 4 nitrogen and oxygen atoms in total. The van der Waals surface area contributed by atoms with Crippen molar-refractivity contribution < 1.29 is 9.53 Å². The Morgan fingerprint density at radius 2 is 2.38 bits per heavy atom. The molecule has 84 valence electrons. The molecule has 1 amide bonds. The Hall–Kier alpha value is -1.97. The van der Waals surface area contributed by atoms with Crippen LogP contribution >= 0.6 is 0 Å². The van der Waals surface area contributed by atoms with Crippen LogP contribution in [0.3, 0.4) is 0 Å². The fourth-order valence-electron chi connectivity index (χ4n) is 1.76. The number of aromatic nitrogens is 1. The van der Waals surface area contributed by atoms with Gasteiger partial charge in [0.2, 0.25) is 6.41 Å². The number of ether oxygens (including phenoxy) is 1. The molecule has 1 heterocycles. The van der Waals surface area contributed by atoms with E-state index in [1.54, 1.807) is 7.11 Å². The number of methoxy groups -OCH3 is 1. The average molecular weight is 218 g/mol. The van der Waals surface area contributed by atoms with E-state index >= 15 is 0 Å². The minimum absolute atomic E-state index is 0.646. The third kappa shape index (κ3) is 2.00. The van der Waals surface area contributed by atoms with Crippen molar-refractivity contribution in [2.75, 3.05) is 13.7 Å². The number of fused-ring (bicyclic) bond motifs is 1. The Balaban J connectivity index is 2.27. The van der Waals surface area contributed by atoms with E-state index in [1.807, 2.05) is 24.4 Å². The van der Waals surface area contributed by atoms with Crippen molar-refractivity contribution in [1.82, 2.24) is 10.3 Å². The molecule has 16 heavy (non-hydrogen) atoms. The molecule has 2 rings (SSSR count). The molecule has 4 heteroatoms. The predicted molar refractivity (Wildman–Crippen MR) is 62.6 cm³/mol. The normalized spacial score (nSPS) is 10.3. The average Bonchev–Trinajstić information content (AvgIpc) is 2.72. The number of H-pyrrole nitrogens is 1. The molecule has 0 aliphatic heterocycles. The van der Waals surface area contributed by atoms with Gasteiger partial charge in [0.05, 0.1) is 7.11 Å². The van der Waals surface area contributed by atoms with Crippen molar-refractivity contribution >= 4 is 17.3 Å². The summed E-state index contributed by atoms with van der Waals surface area (Å²) in [5, 5.41) is 3.80. The zero-order chi connectivity index (χ0) is 11.4. The molecule has 0 spiro atoms. The highest BCUT2D eigenvalue weighted by Gasteiger charge is 2.04. The molecule has 0 bridgehead atoms. The number of hydrogen-bond acceptors (Lipinski definition) is 2. The standard InChI is InChI=1S/C12H14N2O2/c1-16-10-2-3-12-11(6-10)9(7-14-12)4-5-13-8-15/h2-3,6-8,14H,4-5H2,1H3,(H,13,15). The molecule has 2 N–H and O–H groups in total. The van der Waals surface area contributed by atoms with Crippen molar-refractivity contribution in [3.63, 3.8) is 0 Å². The molecular weight excluding hydrogens is 204 g/mol. The molecule has 0 unspecified atom stereocenters. The lowest BCUT2D eigenvalue weighted by Gasteiger charge is -2.01. The largest absolute Gasteiger partial charge is 0.497 e. The zero-order valence-electron chi connectivity index (χ0n) is 9.12. The summed E-state index contributed by atoms with van der Waals surface area (Å²) in [6.07, 6.45) is 3.50. The summed E-state index contributed by atoms with van der Waals surface area (Å²) in [6.45, 7) is 0.646. The lowest BCUT2D eigenvalue weighted by Crippen LogP contribution is -2.14. The number of carbonyl (C=O) groups is 1. The van der Waals surface area contributed by atoms with Gasteiger partial charge >= 0.3 is 0 Å². The highest BCUT2D eigenvalue weighted by atomic mass is 16.5. The van der Waals surface area contributed by atoms with Gasteiger partial charge < -0.3 is 15.0 Å². The van der Waals surface area contributed by atoms with Gasteiger partial charge in [-0.15, -0.1) is 0 Å². The van der Waals surface area contributed by atoms with Gasteiger partial charge in [-0.1, -0.05) is 0 Å². The SMILES string of the molecule is COc1ccc2[nH]cc(CCNC=O)c2c1. The van der Waals surface area contributed by atoms with E-state index in [0.717, 1.165) is 29.5 Å². The maximum atomic E-state index is 10.2. The van der Waals surface area contributed by atoms with Gasteiger partial charge in [0.1, 0.15) is 5.75 Å². The van der Waals surface area contributed by atoms with Gasteiger partial charge in [0.25, 0.3) is 0 Å². The van der Waals surface area contributed by atoms with E-state index in [1.165, 1.54) is 5.56 Å². The van der Waals surface area contributed by atoms with Crippen LogP contribution in [0.2, 0.25) is 0 Å². The van der Waals surface area contributed by atoms with E-state index < -0.39 is 0 Å². The van der Waals surface area contributed by atoms with Gasteiger partial charge in [-0.2, -0.15) is 0 Å². The first kappa shape index (κ1) is 10.5. The molecule has 0 saturated carbocycles. The number of hydrogen-bond donors (Lipinski definition) is 2. The van der Waals surface area contributed by atoms with Crippen LogP contribution < -0.4 is 10.1 Å². The van der Waals surface area contributed by atoms with E-state index in [4.69, 9.17) is 4.74 Å². The fourth-order valence-corrected chi connectivity index (χ4v) is 1.76. The Morgan fingerprint density at radius 1 is 1.50 bits per heavy atom. The lowest BCUT2D eigenvalue weighted by atomic mass is 10.1. The van der Waals surface area contributed by atoms with Crippen molar-refractivity contribution in [2.45, 2.75) is 6.42 Å². The van der Waals surface area contributed by atoms with Crippen LogP contribution in [0.5, 0.6) is 5.75 Å². The maximum absolute atomic E-state index is 10.2. The van der Waals surface area contributed by atoms with Gasteiger partial charge in [0.15, 0.2) is 0 Å². The monoisotopic (exact) mass is 218 g/mol. The number of benzene rings is 1. The van der Waals surface area contributed by atoms with Crippen LogP contribution in [0.25, 0.3) is 10.9 Å². The molecule has 0 aliphatic rings. The molecule has 0 aliphatic carbocycles. The molecule has 0 radical (unpaired) electrons. The van der Waals surface area contributed by atoms with Crippen LogP contribution in [0.4, 0.5) is 0 Å². The van der Waals surface area contributed by atoms with E-state index in [-0.39, 0.29) is 0 Å². The van der Waals surface area contributed by atoms with Gasteiger partial charge in [-0.3, -0.25) is 4.79 Å². The summed E-state index contributed by atoms with van der Waals surface area (Å²) in [7, 11) is 1.65. The molecule has 1 aromatic carbocycles. The second kappa shape index (κ2) is 4.70. The molecule has 0 fully saturated rings. The quantitative estimate of drug-likeness (QED) is 0.589. The van der Waals surface area contributed by atoms with E-state index in [0.29, 0.717) is 6.54 Å². The van der Waals surface area contributed by atoms with Crippen LogP contribution in [-0.4, -0.2) is 25.0 Å². The minimum atomic E-state index is 0.646. The Bertz CT molecular complexity index is 491. The Morgan fingerprint density at radius 3 is 3.12 bits per heavy atom. The van der Waals surface area contributed by atoms with Gasteiger partial charge in [-0.25, -0.2) is 0 Å². The predicted octanol–water partition coefficient (Wildman–Crippen LogP) is 1.46. The fraction of sp³-hybridized carbons (Fsp3) is 0.250. The minimum Gasteiger partial charge on any atom is -0.497 e. The first-order valence-electron chi connectivity index (χ1n) is 5.16. The lowest BCUT2D eigenvalue weighted by molar-refractivity contribution is -0.109. The number of aromatic amines is 1. The van der Waals surface area contributed by atoms with Crippen molar-refractivity contribution in [1.29, 1.82) is 0 Å². The summed E-state index contributed by atoms with van der Waals surface area (Å²) in [4.78, 5) is 13.4. The van der Waals surface area contributed by atoms with Gasteiger partial charge in [-0.05, 0) is 30.2 Å². The van der Waals surface area contributed by atoms with Crippen LogP contribution in [-0.2, 0) is 11.2 Å². The zero-order valence-corrected chi connectivity index (χ0v) is 9.12. The summed E-state index contributed by atoms with van der Waals surface area (Å²) in [5.74, 6) is 0.844. The molecule has 2 aromatic rings. The smallest absolute Gasteiger partial charge is 0.207 e. The second-order valence-corrected chi connectivity index (χ2v) is 3.55. The molecule has 0 atom stereocenters. The molecule has 1 aromatic heterocycles. The van der Waals surface area contributed by atoms with E-state index in [9.17, 15) is 4.79 Å². The third-order valence-electron chi connectivity index (χ3n) is 2.60. The first-order chi connectivity index (χ1) is 7.85. The number of rotatable bonds is 5. The molecule has 0 saturated heterocycles. The summed E-state index contributed by atoms with van der Waals surface area (Å²) < 4.78 is 5.19. The number of nitrogens with one attached hydrogen (secondary N) is 2. The van der Waals surface area contributed by atoms with Crippen LogP contribution in [0, 0.1) is 0 Å². The second-order valence-electron chi connectivity index (χ2n) is 3.55. The van der Waals surface area contributed by atoms with Crippen molar-refractivity contribution in [3.8, 4) is 5.75 Å². The highest BCUT2D eigenvalue weighted by Crippen LogP contribution is 2.23. The molecular formula is C12H14N2O2. The van der Waals surface area contributed by atoms with Crippen LogP contribution in [0.1, 0.15) is 5.56 Å². The van der Waals surface area contributed by atoms with E-state index in [2.05, 4.69) is 10.3 Å². The van der Waals surface area contributed by atoms with Crippen molar-refractivity contribution in [2.24, 2.45) is 0 Å². The summed E-state index contributed by atoms with van der Waals surface area (Å²) in [5.41, 5.74) is 2.27. The topological polar surface area (TPSA) is 54.1 Å². The number of carbonyl (C=O) groups excluding carboxylic acids is 1. The summed E-state index contributed by atoms with van der Waals surface area (Å²) in [6, 6.07) is 5.92. The summed E-state index contributed by atoms with van der Waals surface area (Å²) >= 11 is 0. The third-order valence-corrected chi connectivity index (χ3v) is 2.60. The first-order valence-corrected chi connectivity index (χ1v) is 5.16. The maximum Gasteiger partial charge on any atom is 0.207 e. The Kier molecular flexibility index (Phi) is 3.10. The van der Waals surface area contributed by atoms with Gasteiger partial charge in [0, 0.05) is 23.6 Å². The Labute approximate surface area is 93.6 Å².